The highest BCUT2D eigenvalue weighted by molar-refractivity contribution is 14.2. The van der Waals surface area contributed by atoms with Crippen LogP contribution >= 0.6 is 32.3 Å². The summed E-state index contributed by atoms with van der Waals surface area (Å²) in [6, 6.07) is 0. The third-order valence-electron chi connectivity index (χ3n) is 0.582. The lowest BCUT2D eigenvalue weighted by molar-refractivity contribution is 1.55. The zero-order chi connectivity index (χ0) is 5.98. The molecule has 0 unspecified atom stereocenters. The Bertz CT molecular complexity index is 162. The van der Waals surface area contributed by atoms with Gasteiger partial charge in [-0.1, -0.05) is 11.6 Å². The maximum absolute atomic E-state index is 5.55. The van der Waals surface area contributed by atoms with Crippen LogP contribution in [0.2, 0.25) is 0 Å². The molecular formula is C4H4ClIN2. The van der Waals surface area contributed by atoms with Gasteiger partial charge in [0.2, 0.25) is 0 Å². The summed E-state index contributed by atoms with van der Waals surface area (Å²) in [6.45, 7) is 0. The van der Waals surface area contributed by atoms with E-state index in [9.17, 15) is 0 Å². The Labute approximate surface area is 62.2 Å². The number of halogens is 2. The van der Waals surface area contributed by atoms with E-state index < -0.39 is 0 Å². The van der Waals surface area contributed by atoms with Crippen LogP contribution in [0.25, 0.3) is 0 Å². The van der Waals surface area contributed by atoms with Crippen molar-refractivity contribution in [3.8, 4) is 0 Å². The molecule has 4 heteroatoms. The lowest BCUT2D eigenvalue weighted by Gasteiger charge is -1.93. The topological polar surface area (TPSA) is 38.4 Å². The number of nitrogens with two attached hydrogens (primary N) is 1. The van der Waals surface area contributed by atoms with Crippen molar-refractivity contribution in [3.05, 3.63) is 11.2 Å². The Kier molecular flexibility index (Phi) is 2.01. The van der Waals surface area contributed by atoms with E-state index in [0.29, 0.717) is 5.03 Å². The summed E-state index contributed by atoms with van der Waals surface area (Å²) >= 11 is 5.37. The fraction of sp³-hybridized carbons (Fsp3) is 0. The maximum atomic E-state index is 5.55. The molecule has 0 bridgehead atoms. The first-order valence-electron chi connectivity index (χ1n) is 1.94. The number of allylic oxidation sites excluding steroid dienone is 1. The predicted octanol–water partition coefficient (Wildman–Crippen LogP) is 1.17. The molecule has 2 nitrogen and oxygen atoms in total. The fourth-order valence-electron chi connectivity index (χ4n) is 0.288. The fourth-order valence-corrected chi connectivity index (χ4v) is 1.69. The Morgan fingerprint density at radius 2 is 2.50 bits per heavy atom. The van der Waals surface area contributed by atoms with Gasteiger partial charge in [-0.25, -0.2) is 4.99 Å². The van der Waals surface area contributed by atoms with Crippen LogP contribution < -0.4 is 5.73 Å². The Morgan fingerprint density at radius 3 is 2.88 bits per heavy atom. The average molecular weight is 242 g/mol. The van der Waals surface area contributed by atoms with Crippen LogP contribution in [0, 0.1) is 0 Å². The van der Waals surface area contributed by atoms with Gasteiger partial charge in [0, 0.05) is 6.20 Å². The Hall–Kier alpha value is 0.100. The average Bonchev–Trinajstić information content (AvgIpc) is 1.77. The van der Waals surface area contributed by atoms with Crippen molar-refractivity contribution < 1.29 is 0 Å². The molecule has 0 spiro atoms. The third-order valence-corrected chi connectivity index (χ3v) is 3.06. The minimum absolute atomic E-state index is 0.186. The number of aliphatic imine (C=N–C) groups is 1. The van der Waals surface area contributed by atoms with Crippen LogP contribution in [0.15, 0.2) is 16.2 Å². The maximum Gasteiger partial charge on any atom is 0.156 e. The largest absolute Gasteiger partial charge is 0.379 e. The number of amidine groups is 1. The third kappa shape index (κ3) is 1.56. The van der Waals surface area contributed by atoms with E-state index in [1.165, 1.54) is 0 Å². The smallest absolute Gasteiger partial charge is 0.156 e. The van der Waals surface area contributed by atoms with Crippen LogP contribution in [-0.4, -0.2) is 7.85 Å². The monoisotopic (exact) mass is 242 g/mol. The van der Waals surface area contributed by atoms with E-state index in [-0.39, 0.29) is 20.7 Å². The first-order valence-corrected chi connectivity index (χ1v) is 4.65. The van der Waals surface area contributed by atoms with Gasteiger partial charge in [0.1, 0.15) is 0 Å². The molecule has 0 fully saturated rings. The molecule has 0 amide bonds. The van der Waals surface area contributed by atoms with Gasteiger partial charge in [0.05, 0.1) is 5.03 Å². The van der Waals surface area contributed by atoms with Gasteiger partial charge >= 0.3 is 0 Å². The lowest BCUT2D eigenvalue weighted by Crippen LogP contribution is -2.03. The highest BCUT2D eigenvalue weighted by Gasteiger charge is 1.91. The van der Waals surface area contributed by atoms with Crippen molar-refractivity contribution in [1.82, 2.24) is 0 Å². The molecule has 1 aliphatic rings. The van der Waals surface area contributed by atoms with Crippen molar-refractivity contribution >= 4 is 40.2 Å². The summed E-state index contributed by atoms with van der Waals surface area (Å²) in [5.74, 6) is 0. The molecule has 0 aromatic rings. The molecule has 0 atom stereocenters. The number of nitrogens with zero attached hydrogens (tertiary/aromatic N) is 1. The van der Waals surface area contributed by atoms with Gasteiger partial charge in [-0.2, -0.15) is 0 Å². The van der Waals surface area contributed by atoms with Gasteiger partial charge in [0.15, 0.2) is 3.84 Å². The van der Waals surface area contributed by atoms with Gasteiger partial charge in [-0.3, -0.25) is 0 Å². The molecule has 0 radical (unpaired) electrons. The highest BCUT2D eigenvalue weighted by Crippen LogP contribution is 2.09. The molecule has 0 saturated carbocycles. The van der Waals surface area contributed by atoms with Crippen molar-refractivity contribution in [2.75, 3.05) is 0 Å². The highest BCUT2D eigenvalue weighted by atomic mass is 127. The summed E-state index contributed by atoms with van der Waals surface area (Å²) in [4.78, 5) is 3.83. The van der Waals surface area contributed by atoms with E-state index in [1.54, 1.807) is 6.20 Å². The molecule has 1 rings (SSSR count). The van der Waals surface area contributed by atoms with E-state index in [2.05, 4.69) is 4.99 Å². The van der Waals surface area contributed by atoms with Crippen molar-refractivity contribution in [2.45, 2.75) is 0 Å². The molecule has 0 aliphatic carbocycles. The molecule has 44 valence electrons. The van der Waals surface area contributed by atoms with Crippen LogP contribution in [0.4, 0.5) is 0 Å². The molecular weight excluding hydrogens is 238 g/mol. The van der Waals surface area contributed by atoms with Gasteiger partial charge < -0.3 is 5.73 Å². The standard InChI is InChI=1S/C4H4ClIN2/c5-3-1-6-4(7)8-2-3/h1-2H,(H2,7,8). The zero-order valence-electron chi connectivity index (χ0n) is 3.94. The molecule has 8 heavy (non-hydrogen) atoms. The minimum atomic E-state index is -0.186. The summed E-state index contributed by atoms with van der Waals surface area (Å²) in [5, 5.41) is 0.715. The quantitative estimate of drug-likeness (QED) is 0.502. The Balaban J connectivity index is 2.86. The number of hydrogen-bond donors (Lipinski definition) is 1. The normalized spacial score (nSPS) is 18.6. The van der Waals surface area contributed by atoms with E-state index in [1.807, 2.05) is 4.01 Å². The Morgan fingerprint density at radius 1 is 1.75 bits per heavy atom. The second kappa shape index (κ2) is 2.59. The zero-order valence-corrected chi connectivity index (χ0v) is 6.85. The van der Waals surface area contributed by atoms with Gasteiger partial charge in [-0.05, 0) is 24.7 Å². The molecule has 2 N–H and O–H groups in total. The van der Waals surface area contributed by atoms with E-state index >= 15 is 0 Å². The SMILES string of the molecule is NC1=NC=C(Cl)C=I1. The van der Waals surface area contributed by atoms with Crippen LogP contribution in [-0.2, 0) is 0 Å². The molecule has 0 aromatic carbocycles. The van der Waals surface area contributed by atoms with Crippen LogP contribution in [0.3, 0.4) is 0 Å². The van der Waals surface area contributed by atoms with E-state index in [0.717, 1.165) is 3.84 Å². The van der Waals surface area contributed by atoms with Gasteiger partial charge in [-0.15, -0.1) is 0 Å². The van der Waals surface area contributed by atoms with Crippen molar-refractivity contribution in [2.24, 2.45) is 10.7 Å². The first kappa shape index (κ1) is 6.22. The van der Waals surface area contributed by atoms with Crippen LogP contribution in [0.1, 0.15) is 0 Å². The molecule has 1 aliphatic heterocycles. The number of rotatable bonds is 0. The first-order chi connectivity index (χ1) is 3.79. The van der Waals surface area contributed by atoms with E-state index in [4.69, 9.17) is 17.3 Å². The summed E-state index contributed by atoms with van der Waals surface area (Å²) in [6.07, 6.45) is 1.57. The number of hydrogen-bond acceptors (Lipinski definition) is 2. The molecule has 1 heterocycles. The minimum Gasteiger partial charge on any atom is -0.379 e. The molecule has 0 aromatic heterocycles. The summed E-state index contributed by atoms with van der Waals surface area (Å²) < 4.78 is 2.66. The van der Waals surface area contributed by atoms with Crippen molar-refractivity contribution in [3.63, 3.8) is 0 Å². The van der Waals surface area contributed by atoms with Gasteiger partial charge in [0.25, 0.3) is 0 Å². The lowest BCUT2D eigenvalue weighted by atomic mass is 10.7. The predicted molar refractivity (Wildman–Crippen MR) is 45.6 cm³/mol. The van der Waals surface area contributed by atoms with Crippen LogP contribution in [0.5, 0.6) is 0 Å². The summed E-state index contributed by atoms with van der Waals surface area (Å²) in [7, 11) is 0. The second-order valence-electron chi connectivity index (χ2n) is 1.18. The summed E-state index contributed by atoms with van der Waals surface area (Å²) in [5.41, 5.74) is 5.36. The van der Waals surface area contributed by atoms with Crippen molar-refractivity contribution in [1.29, 1.82) is 0 Å². The molecule has 0 saturated heterocycles. The second-order valence-corrected chi connectivity index (χ2v) is 3.97.